The monoisotopic (exact) mass is 363 g/mol. The summed E-state index contributed by atoms with van der Waals surface area (Å²) in [4.78, 5) is 23.1. The number of hydrogen-bond acceptors (Lipinski definition) is 3. The molecule has 0 aliphatic carbocycles. The molecule has 0 aromatic heterocycles. The highest BCUT2D eigenvalue weighted by molar-refractivity contribution is 9.10. The standard InChI is InChI=1S/C16H14BrNO4/c17-13-8-6-12(7-9-13)14(15(19)20)18-16(21)22-10-11-4-2-1-3-5-11/h1-9,14H,10H2,(H,18,21)(H,19,20)/t14-/m0/s1. The van der Waals surface area contributed by atoms with Crippen molar-refractivity contribution in [2.45, 2.75) is 12.6 Å². The lowest BCUT2D eigenvalue weighted by molar-refractivity contribution is -0.139. The summed E-state index contributed by atoms with van der Waals surface area (Å²) < 4.78 is 5.86. The fourth-order valence-corrected chi connectivity index (χ4v) is 2.09. The zero-order valence-electron chi connectivity index (χ0n) is 11.5. The van der Waals surface area contributed by atoms with Crippen LogP contribution in [0.15, 0.2) is 59.1 Å². The van der Waals surface area contributed by atoms with Crippen molar-refractivity contribution in [3.05, 3.63) is 70.2 Å². The Morgan fingerprint density at radius 1 is 1.09 bits per heavy atom. The molecule has 0 unspecified atom stereocenters. The quantitative estimate of drug-likeness (QED) is 0.852. The molecule has 1 amide bonds. The molecule has 0 fully saturated rings. The van der Waals surface area contributed by atoms with Crippen LogP contribution in [0.5, 0.6) is 0 Å². The van der Waals surface area contributed by atoms with Gasteiger partial charge in [-0.3, -0.25) is 0 Å². The largest absolute Gasteiger partial charge is 0.479 e. The van der Waals surface area contributed by atoms with Crippen molar-refractivity contribution in [1.29, 1.82) is 0 Å². The molecular formula is C16H14BrNO4. The van der Waals surface area contributed by atoms with Gasteiger partial charge in [-0.05, 0) is 23.3 Å². The van der Waals surface area contributed by atoms with E-state index < -0.39 is 18.1 Å². The van der Waals surface area contributed by atoms with Gasteiger partial charge in [0.05, 0.1) is 0 Å². The summed E-state index contributed by atoms with van der Waals surface area (Å²) in [5.74, 6) is -1.15. The van der Waals surface area contributed by atoms with Crippen molar-refractivity contribution in [2.75, 3.05) is 0 Å². The van der Waals surface area contributed by atoms with Gasteiger partial charge in [0.15, 0.2) is 6.04 Å². The second-order valence-electron chi connectivity index (χ2n) is 4.53. The number of alkyl carbamates (subject to hydrolysis) is 1. The molecule has 6 heteroatoms. The zero-order valence-corrected chi connectivity index (χ0v) is 13.1. The number of ether oxygens (including phenoxy) is 1. The molecular weight excluding hydrogens is 350 g/mol. The first-order chi connectivity index (χ1) is 10.6. The van der Waals surface area contributed by atoms with Crippen molar-refractivity contribution >= 4 is 28.0 Å². The molecule has 0 saturated carbocycles. The third-order valence-corrected chi connectivity index (χ3v) is 3.45. The maximum absolute atomic E-state index is 11.8. The van der Waals surface area contributed by atoms with Gasteiger partial charge in [0.25, 0.3) is 0 Å². The predicted octanol–water partition coefficient (Wildman–Crippen LogP) is 3.50. The predicted molar refractivity (Wildman–Crippen MR) is 84.3 cm³/mol. The van der Waals surface area contributed by atoms with E-state index in [-0.39, 0.29) is 6.61 Å². The Morgan fingerprint density at radius 2 is 1.73 bits per heavy atom. The maximum atomic E-state index is 11.8. The van der Waals surface area contributed by atoms with E-state index in [9.17, 15) is 14.7 Å². The van der Waals surface area contributed by atoms with Crippen LogP contribution in [0, 0.1) is 0 Å². The summed E-state index contributed by atoms with van der Waals surface area (Å²) >= 11 is 3.27. The van der Waals surface area contributed by atoms with Gasteiger partial charge in [0.2, 0.25) is 0 Å². The van der Waals surface area contributed by atoms with Crippen LogP contribution in [0.1, 0.15) is 17.2 Å². The van der Waals surface area contributed by atoms with Gasteiger partial charge in [0, 0.05) is 4.47 Å². The van der Waals surface area contributed by atoms with E-state index >= 15 is 0 Å². The van der Waals surface area contributed by atoms with E-state index in [1.807, 2.05) is 30.3 Å². The van der Waals surface area contributed by atoms with Gasteiger partial charge >= 0.3 is 12.1 Å². The van der Waals surface area contributed by atoms with Crippen molar-refractivity contribution in [2.24, 2.45) is 0 Å². The number of halogens is 1. The zero-order chi connectivity index (χ0) is 15.9. The van der Waals surface area contributed by atoms with Gasteiger partial charge in [0.1, 0.15) is 6.61 Å². The molecule has 0 bridgehead atoms. The first kappa shape index (κ1) is 16.0. The summed E-state index contributed by atoms with van der Waals surface area (Å²) in [6.07, 6.45) is -0.779. The number of carboxylic acid groups (broad SMARTS) is 1. The Balaban J connectivity index is 1.97. The summed E-state index contributed by atoms with van der Waals surface area (Å²) in [5.41, 5.74) is 1.29. The summed E-state index contributed by atoms with van der Waals surface area (Å²) in [6.45, 7) is 0.0827. The number of carboxylic acids is 1. The number of benzene rings is 2. The number of carbonyl (C=O) groups is 2. The molecule has 0 aliphatic rings. The molecule has 2 N–H and O–H groups in total. The number of hydrogen-bond donors (Lipinski definition) is 2. The van der Waals surface area contributed by atoms with Gasteiger partial charge in [-0.25, -0.2) is 9.59 Å². The lowest BCUT2D eigenvalue weighted by Crippen LogP contribution is -2.34. The van der Waals surface area contributed by atoms with Gasteiger partial charge in [-0.1, -0.05) is 58.4 Å². The minimum Gasteiger partial charge on any atom is -0.479 e. The van der Waals surface area contributed by atoms with Crippen LogP contribution in [0.2, 0.25) is 0 Å². The van der Waals surface area contributed by atoms with Crippen LogP contribution in [-0.2, 0) is 16.1 Å². The Morgan fingerprint density at radius 3 is 2.32 bits per heavy atom. The molecule has 0 saturated heterocycles. The minimum absolute atomic E-state index is 0.0827. The molecule has 2 aromatic rings. The van der Waals surface area contributed by atoms with Crippen LogP contribution in [0.3, 0.4) is 0 Å². The summed E-state index contributed by atoms with van der Waals surface area (Å²) in [7, 11) is 0. The van der Waals surface area contributed by atoms with Gasteiger partial charge < -0.3 is 15.2 Å². The SMILES string of the molecule is O=C(N[C@H](C(=O)O)c1ccc(Br)cc1)OCc1ccccc1. The second-order valence-corrected chi connectivity index (χ2v) is 5.44. The molecule has 1 atom stereocenters. The molecule has 2 aromatic carbocycles. The van der Waals surface area contributed by atoms with E-state index in [2.05, 4.69) is 21.2 Å². The fourth-order valence-electron chi connectivity index (χ4n) is 1.83. The molecule has 114 valence electrons. The van der Waals surface area contributed by atoms with Crippen molar-refractivity contribution in [3.63, 3.8) is 0 Å². The van der Waals surface area contributed by atoms with E-state index in [4.69, 9.17) is 4.74 Å². The minimum atomic E-state index is -1.16. The number of rotatable bonds is 5. The van der Waals surface area contributed by atoms with Crippen LogP contribution in [0.4, 0.5) is 4.79 Å². The van der Waals surface area contributed by atoms with Crippen LogP contribution >= 0.6 is 15.9 Å². The Bertz CT molecular complexity index is 643. The van der Waals surface area contributed by atoms with E-state index in [1.54, 1.807) is 24.3 Å². The molecule has 22 heavy (non-hydrogen) atoms. The number of aliphatic carboxylic acids is 1. The molecule has 2 rings (SSSR count). The summed E-state index contributed by atoms with van der Waals surface area (Å²) in [5, 5.41) is 11.6. The average Bonchev–Trinajstić information content (AvgIpc) is 2.52. The second kappa shape index (κ2) is 7.61. The molecule has 5 nitrogen and oxygen atoms in total. The van der Waals surface area contributed by atoms with Crippen LogP contribution in [-0.4, -0.2) is 17.2 Å². The highest BCUT2D eigenvalue weighted by Crippen LogP contribution is 2.17. The molecule has 0 heterocycles. The average molecular weight is 364 g/mol. The smallest absolute Gasteiger partial charge is 0.408 e. The van der Waals surface area contributed by atoms with Gasteiger partial charge in [-0.2, -0.15) is 0 Å². The van der Waals surface area contributed by atoms with Crippen molar-refractivity contribution < 1.29 is 19.4 Å². The maximum Gasteiger partial charge on any atom is 0.408 e. The highest BCUT2D eigenvalue weighted by atomic mass is 79.9. The Labute approximate surface area is 136 Å². The third-order valence-electron chi connectivity index (χ3n) is 2.93. The van der Waals surface area contributed by atoms with E-state index in [1.165, 1.54) is 0 Å². The summed E-state index contributed by atoms with van der Waals surface area (Å²) in [6, 6.07) is 14.7. The first-order valence-electron chi connectivity index (χ1n) is 6.52. The number of carbonyl (C=O) groups excluding carboxylic acids is 1. The lowest BCUT2D eigenvalue weighted by atomic mass is 10.1. The van der Waals surface area contributed by atoms with E-state index in [0.29, 0.717) is 5.56 Å². The third kappa shape index (κ3) is 4.60. The Kier molecular flexibility index (Phi) is 5.55. The normalized spacial score (nSPS) is 11.5. The molecule has 0 spiro atoms. The number of amides is 1. The first-order valence-corrected chi connectivity index (χ1v) is 7.31. The van der Waals surface area contributed by atoms with Gasteiger partial charge in [-0.15, -0.1) is 0 Å². The molecule has 0 aliphatic heterocycles. The highest BCUT2D eigenvalue weighted by Gasteiger charge is 2.22. The van der Waals surface area contributed by atoms with Crippen LogP contribution < -0.4 is 5.32 Å². The molecule has 0 radical (unpaired) electrons. The lowest BCUT2D eigenvalue weighted by Gasteiger charge is -2.15. The Hall–Kier alpha value is -2.34. The topological polar surface area (TPSA) is 75.6 Å². The van der Waals surface area contributed by atoms with Crippen LogP contribution in [0.25, 0.3) is 0 Å². The van der Waals surface area contributed by atoms with Crippen molar-refractivity contribution in [1.82, 2.24) is 5.32 Å². The van der Waals surface area contributed by atoms with E-state index in [0.717, 1.165) is 10.0 Å². The van der Waals surface area contributed by atoms with Crippen molar-refractivity contribution in [3.8, 4) is 0 Å². The number of nitrogens with one attached hydrogen (secondary N) is 1. The fraction of sp³-hybridized carbons (Fsp3) is 0.125.